The van der Waals surface area contributed by atoms with Gasteiger partial charge in [0.15, 0.2) is 16.8 Å². The van der Waals surface area contributed by atoms with Crippen LogP contribution in [0.2, 0.25) is 5.22 Å². The Labute approximate surface area is 120 Å². The van der Waals surface area contributed by atoms with E-state index in [1.54, 1.807) is 23.5 Å². The van der Waals surface area contributed by atoms with Crippen molar-refractivity contribution in [3.63, 3.8) is 0 Å². The lowest BCUT2D eigenvalue weighted by Crippen LogP contribution is -1.95. The number of anilines is 1. The molecule has 4 nitrogen and oxygen atoms in total. The first-order valence-corrected chi connectivity index (χ1v) is 7.36. The lowest BCUT2D eigenvalue weighted by atomic mass is 10.3. The summed E-state index contributed by atoms with van der Waals surface area (Å²) in [6.45, 7) is 0. The highest BCUT2D eigenvalue weighted by atomic mass is 79.9. The average Bonchev–Trinajstić information content (AvgIpc) is 2.94. The summed E-state index contributed by atoms with van der Waals surface area (Å²) in [6, 6.07) is 5.36. The van der Waals surface area contributed by atoms with Crippen molar-refractivity contribution >= 4 is 54.9 Å². The summed E-state index contributed by atoms with van der Waals surface area (Å²) in [5, 5.41) is 1.95. The smallest absolute Gasteiger partial charge is 0.199 e. The molecular formula is C11H7BrClN3OS. The number of rotatable bonds is 2. The summed E-state index contributed by atoms with van der Waals surface area (Å²) in [4.78, 5) is 10.7. The molecule has 0 radical (unpaired) electrons. The van der Waals surface area contributed by atoms with Gasteiger partial charge in [-0.1, -0.05) is 15.9 Å². The molecule has 0 saturated carbocycles. The van der Waals surface area contributed by atoms with E-state index in [4.69, 9.17) is 21.8 Å². The van der Waals surface area contributed by atoms with Crippen LogP contribution in [0.1, 0.15) is 4.88 Å². The van der Waals surface area contributed by atoms with Gasteiger partial charge in [0.2, 0.25) is 0 Å². The zero-order chi connectivity index (χ0) is 12.7. The van der Waals surface area contributed by atoms with E-state index in [-0.39, 0.29) is 0 Å². The number of furan rings is 1. The van der Waals surface area contributed by atoms with E-state index in [0.717, 1.165) is 20.4 Å². The van der Waals surface area contributed by atoms with Crippen LogP contribution in [0.3, 0.4) is 0 Å². The van der Waals surface area contributed by atoms with Crippen molar-refractivity contribution in [3.8, 4) is 11.6 Å². The molecule has 0 atom stereocenters. The van der Waals surface area contributed by atoms with Crippen LogP contribution in [-0.4, -0.2) is 9.97 Å². The lowest BCUT2D eigenvalue weighted by Gasteiger charge is -1.98. The van der Waals surface area contributed by atoms with Gasteiger partial charge in [0.25, 0.3) is 0 Å². The van der Waals surface area contributed by atoms with Gasteiger partial charge in [0.1, 0.15) is 10.6 Å². The van der Waals surface area contributed by atoms with Crippen LogP contribution < -0.4 is 5.73 Å². The van der Waals surface area contributed by atoms with E-state index < -0.39 is 0 Å². The Morgan fingerprint density at radius 1 is 1.39 bits per heavy atom. The van der Waals surface area contributed by atoms with E-state index in [9.17, 15) is 0 Å². The second-order valence-electron chi connectivity index (χ2n) is 3.60. The maximum absolute atomic E-state index is 5.93. The van der Waals surface area contributed by atoms with Gasteiger partial charge in [0.05, 0.1) is 5.39 Å². The molecule has 0 fully saturated rings. The molecule has 0 aliphatic rings. The van der Waals surface area contributed by atoms with Gasteiger partial charge < -0.3 is 10.2 Å². The Morgan fingerprint density at radius 3 is 2.89 bits per heavy atom. The molecule has 18 heavy (non-hydrogen) atoms. The maximum Gasteiger partial charge on any atom is 0.199 e. The summed E-state index contributed by atoms with van der Waals surface area (Å²) < 4.78 is 5.29. The fourth-order valence-electron chi connectivity index (χ4n) is 1.60. The number of aromatic nitrogens is 2. The van der Waals surface area contributed by atoms with Crippen LogP contribution >= 0.6 is 38.9 Å². The van der Waals surface area contributed by atoms with E-state index in [2.05, 4.69) is 25.9 Å². The third kappa shape index (κ3) is 2.00. The molecule has 3 rings (SSSR count). The number of thiophene rings is 1. The average molecular weight is 345 g/mol. The molecule has 3 heterocycles. The van der Waals surface area contributed by atoms with Crippen molar-refractivity contribution in [1.82, 2.24) is 9.97 Å². The van der Waals surface area contributed by atoms with Crippen molar-refractivity contribution in [1.29, 1.82) is 0 Å². The second-order valence-corrected chi connectivity index (χ2v) is 5.65. The molecule has 0 spiro atoms. The van der Waals surface area contributed by atoms with Crippen LogP contribution in [0.5, 0.6) is 0 Å². The number of nitrogens with two attached hydrogens (primary N) is 1. The molecule has 0 amide bonds. The number of hydrogen-bond acceptors (Lipinski definition) is 5. The number of fused-ring (bicyclic) bond motifs is 1. The van der Waals surface area contributed by atoms with Gasteiger partial charge in [-0.15, -0.1) is 11.3 Å². The molecule has 0 aliphatic heterocycles. The van der Waals surface area contributed by atoms with Crippen LogP contribution in [0.15, 0.2) is 22.6 Å². The molecule has 7 heteroatoms. The van der Waals surface area contributed by atoms with E-state index >= 15 is 0 Å². The first-order valence-electron chi connectivity index (χ1n) is 5.05. The van der Waals surface area contributed by atoms with E-state index in [1.807, 2.05) is 6.07 Å². The fraction of sp³-hybridized carbons (Fsp3) is 0.0909. The zero-order valence-corrected chi connectivity index (χ0v) is 12.1. The number of nitrogens with zero attached hydrogens (tertiary/aromatic N) is 2. The van der Waals surface area contributed by atoms with E-state index in [1.165, 1.54) is 0 Å². The summed E-state index contributed by atoms with van der Waals surface area (Å²) in [6.07, 6.45) is 0. The highest BCUT2D eigenvalue weighted by Gasteiger charge is 2.13. The Kier molecular flexibility index (Phi) is 3.01. The van der Waals surface area contributed by atoms with Crippen LogP contribution in [0.25, 0.3) is 21.8 Å². The minimum Gasteiger partial charge on any atom is -0.441 e. The standard InChI is InChI=1S/C11H7BrClN3OS/c12-4-5-3-6-9(14)15-10(16-11(6)18-5)7-1-2-8(13)17-7/h1-3H,4H2,(H2,14,15,16). The first-order chi connectivity index (χ1) is 8.67. The molecule has 0 aromatic carbocycles. The summed E-state index contributed by atoms with van der Waals surface area (Å²) in [5.41, 5.74) is 5.93. The normalized spacial score (nSPS) is 11.2. The molecule has 0 saturated heterocycles. The molecular weight excluding hydrogens is 338 g/mol. The minimum absolute atomic E-state index is 0.305. The van der Waals surface area contributed by atoms with Crippen molar-refractivity contribution in [2.24, 2.45) is 0 Å². The summed E-state index contributed by atoms with van der Waals surface area (Å²) in [7, 11) is 0. The van der Waals surface area contributed by atoms with Crippen LogP contribution in [0, 0.1) is 0 Å². The Balaban J connectivity index is 2.20. The lowest BCUT2D eigenvalue weighted by molar-refractivity contribution is 0.580. The number of alkyl halides is 1. The summed E-state index contributed by atoms with van der Waals surface area (Å²) in [5.74, 6) is 1.42. The van der Waals surface area contributed by atoms with Gasteiger partial charge in [-0.05, 0) is 29.8 Å². The molecule has 0 unspecified atom stereocenters. The molecule has 0 bridgehead atoms. The third-order valence-corrected chi connectivity index (χ3v) is 4.61. The quantitative estimate of drug-likeness (QED) is 0.711. The molecule has 3 aromatic heterocycles. The van der Waals surface area contributed by atoms with Crippen LogP contribution in [0.4, 0.5) is 5.82 Å². The molecule has 2 N–H and O–H groups in total. The Hall–Kier alpha value is -1.11. The minimum atomic E-state index is 0.305. The van der Waals surface area contributed by atoms with Gasteiger partial charge in [-0.2, -0.15) is 0 Å². The zero-order valence-electron chi connectivity index (χ0n) is 8.98. The van der Waals surface area contributed by atoms with Gasteiger partial charge in [-0.25, -0.2) is 9.97 Å². The van der Waals surface area contributed by atoms with Crippen molar-refractivity contribution in [2.45, 2.75) is 5.33 Å². The van der Waals surface area contributed by atoms with Crippen molar-refractivity contribution in [2.75, 3.05) is 5.73 Å². The number of hydrogen-bond donors (Lipinski definition) is 1. The highest BCUT2D eigenvalue weighted by Crippen LogP contribution is 2.31. The largest absolute Gasteiger partial charge is 0.441 e. The predicted molar refractivity (Wildman–Crippen MR) is 77.2 cm³/mol. The fourth-order valence-corrected chi connectivity index (χ4v) is 3.14. The number of halogens is 2. The molecule has 3 aromatic rings. The van der Waals surface area contributed by atoms with Gasteiger partial charge in [-0.3, -0.25) is 0 Å². The third-order valence-electron chi connectivity index (χ3n) is 2.40. The van der Waals surface area contributed by atoms with Gasteiger partial charge >= 0.3 is 0 Å². The Morgan fingerprint density at radius 2 is 2.22 bits per heavy atom. The maximum atomic E-state index is 5.93. The number of nitrogen functional groups attached to an aromatic ring is 1. The topological polar surface area (TPSA) is 64.9 Å². The predicted octanol–water partition coefficient (Wildman–Crippen LogP) is 4.08. The summed E-state index contributed by atoms with van der Waals surface area (Å²) >= 11 is 10.7. The van der Waals surface area contributed by atoms with E-state index in [0.29, 0.717) is 22.6 Å². The Bertz CT molecular complexity index is 724. The highest BCUT2D eigenvalue weighted by molar-refractivity contribution is 9.08. The monoisotopic (exact) mass is 343 g/mol. The first kappa shape index (κ1) is 12.0. The van der Waals surface area contributed by atoms with Crippen molar-refractivity contribution in [3.05, 3.63) is 28.3 Å². The van der Waals surface area contributed by atoms with Crippen molar-refractivity contribution < 1.29 is 4.42 Å². The second kappa shape index (κ2) is 4.53. The van der Waals surface area contributed by atoms with Gasteiger partial charge in [0, 0.05) is 10.2 Å². The molecule has 92 valence electrons. The van der Waals surface area contributed by atoms with Crippen LogP contribution in [-0.2, 0) is 5.33 Å². The SMILES string of the molecule is Nc1nc(-c2ccc(Cl)o2)nc2sc(CBr)cc12. The molecule has 0 aliphatic carbocycles.